The lowest BCUT2D eigenvalue weighted by Gasteiger charge is -2.16. The zero-order chi connectivity index (χ0) is 22.2. The number of nitrogen functional groups attached to an aromatic ring is 1. The maximum absolute atomic E-state index is 6.70. The van der Waals surface area contributed by atoms with Crippen molar-refractivity contribution in [2.75, 3.05) is 5.73 Å². The lowest BCUT2D eigenvalue weighted by Crippen LogP contribution is -2.02. The number of fused-ring (bicyclic) bond motifs is 1. The minimum Gasteiger partial charge on any atom is -0.398 e. The van der Waals surface area contributed by atoms with Crippen molar-refractivity contribution in [1.82, 2.24) is 0 Å². The fraction of sp³-hybridized carbons (Fsp3) is 0.667. The van der Waals surface area contributed by atoms with E-state index in [2.05, 4.69) is 44.2 Å². The summed E-state index contributed by atoms with van der Waals surface area (Å²) in [6.07, 6.45) is 24.4. The maximum atomic E-state index is 6.70. The van der Waals surface area contributed by atoms with Crippen LogP contribution in [0.2, 0.25) is 0 Å². The highest BCUT2D eigenvalue weighted by Gasteiger charge is 2.11. The van der Waals surface area contributed by atoms with Crippen molar-refractivity contribution in [2.45, 2.75) is 129 Å². The maximum Gasteiger partial charge on any atom is 0.0429 e. The molecule has 2 N–H and O–H groups in total. The molecule has 0 aliphatic heterocycles. The second-order valence-electron chi connectivity index (χ2n) is 9.60. The standard InChI is InChI=1S/C30H49N/c1-3-5-7-9-11-12-13-14-15-17-21-26-25-27-22-19-20-24-29(27)30(31)28(26)23-18-16-10-8-6-4-2/h19-20,22,24-25H,3-18,21,23,31H2,1-2H3. The van der Waals surface area contributed by atoms with Crippen molar-refractivity contribution in [1.29, 1.82) is 0 Å². The molecule has 0 fully saturated rings. The van der Waals surface area contributed by atoms with E-state index in [1.165, 1.54) is 131 Å². The van der Waals surface area contributed by atoms with Crippen LogP contribution in [0.3, 0.4) is 0 Å². The van der Waals surface area contributed by atoms with E-state index in [4.69, 9.17) is 5.73 Å². The number of anilines is 1. The molecule has 0 bridgehead atoms. The summed E-state index contributed by atoms with van der Waals surface area (Å²) < 4.78 is 0. The molecule has 0 aliphatic rings. The molecule has 0 saturated carbocycles. The average Bonchev–Trinajstić information content (AvgIpc) is 2.79. The van der Waals surface area contributed by atoms with Crippen LogP contribution in [-0.2, 0) is 12.8 Å². The Hall–Kier alpha value is -1.50. The van der Waals surface area contributed by atoms with Gasteiger partial charge in [0.25, 0.3) is 0 Å². The third-order valence-corrected chi connectivity index (χ3v) is 6.87. The van der Waals surface area contributed by atoms with Crippen LogP contribution in [0.15, 0.2) is 30.3 Å². The Morgan fingerprint density at radius 2 is 1.06 bits per heavy atom. The molecule has 2 rings (SSSR count). The summed E-state index contributed by atoms with van der Waals surface area (Å²) >= 11 is 0. The highest BCUT2D eigenvalue weighted by molar-refractivity contribution is 5.95. The van der Waals surface area contributed by atoms with Gasteiger partial charge >= 0.3 is 0 Å². The molecule has 1 heteroatoms. The van der Waals surface area contributed by atoms with Gasteiger partial charge in [0, 0.05) is 11.1 Å². The molecule has 0 aromatic heterocycles. The molecule has 0 aliphatic carbocycles. The average molecular weight is 424 g/mol. The van der Waals surface area contributed by atoms with Crippen LogP contribution >= 0.6 is 0 Å². The Bertz CT molecular complexity index is 718. The zero-order valence-electron chi connectivity index (χ0n) is 20.7. The Kier molecular flexibility index (Phi) is 13.4. The Labute approximate surface area is 193 Å². The molecule has 0 radical (unpaired) electrons. The largest absolute Gasteiger partial charge is 0.398 e. The summed E-state index contributed by atoms with van der Waals surface area (Å²) in [5, 5.41) is 2.56. The number of unbranched alkanes of at least 4 members (excludes halogenated alkanes) is 14. The monoisotopic (exact) mass is 423 g/mol. The third-order valence-electron chi connectivity index (χ3n) is 6.87. The summed E-state index contributed by atoms with van der Waals surface area (Å²) in [4.78, 5) is 0. The van der Waals surface area contributed by atoms with Crippen LogP contribution < -0.4 is 5.73 Å². The Morgan fingerprint density at radius 3 is 1.65 bits per heavy atom. The van der Waals surface area contributed by atoms with Gasteiger partial charge in [-0.05, 0) is 42.2 Å². The van der Waals surface area contributed by atoms with Gasteiger partial charge in [0.05, 0.1) is 0 Å². The van der Waals surface area contributed by atoms with Crippen molar-refractivity contribution >= 4 is 16.5 Å². The van der Waals surface area contributed by atoms with E-state index in [0.717, 1.165) is 12.1 Å². The van der Waals surface area contributed by atoms with Gasteiger partial charge < -0.3 is 5.73 Å². The van der Waals surface area contributed by atoms with E-state index in [-0.39, 0.29) is 0 Å². The van der Waals surface area contributed by atoms with Crippen molar-refractivity contribution in [3.05, 3.63) is 41.5 Å². The Morgan fingerprint density at radius 1 is 0.581 bits per heavy atom. The van der Waals surface area contributed by atoms with Crippen molar-refractivity contribution < 1.29 is 0 Å². The molecule has 0 amide bonds. The summed E-state index contributed by atoms with van der Waals surface area (Å²) in [6, 6.07) is 11.1. The molecule has 0 atom stereocenters. The fourth-order valence-corrected chi connectivity index (χ4v) is 4.88. The molecule has 0 spiro atoms. The van der Waals surface area contributed by atoms with Crippen molar-refractivity contribution in [3.63, 3.8) is 0 Å². The molecule has 0 unspecified atom stereocenters. The van der Waals surface area contributed by atoms with Crippen molar-refractivity contribution in [3.8, 4) is 0 Å². The zero-order valence-corrected chi connectivity index (χ0v) is 20.7. The number of hydrogen-bond acceptors (Lipinski definition) is 1. The highest BCUT2D eigenvalue weighted by Crippen LogP contribution is 2.31. The number of aryl methyl sites for hydroxylation is 1. The fourth-order valence-electron chi connectivity index (χ4n) is 4.88. The topological polar surface area (TPSA) is 26.0 Å². The first-order valence-electron chi connectivity index (χ1n) is 13.6. The van der Waals surface area contributed by atoms with Crippen molar-refractivity contribution in [2.24, 2.45) is 0 Å². The van der Waals surface area contributed by atoms with Gasteiger partial charge in [0.2, 0.25) is 0 Å². The molecule has 1 nitrogen and oxygen atoms in total. The lowest BCUT2D eigenvalue weighted by atomic mass is 9.91. The molecule has 0 heterocycles. The van der Waals surface area contributed by atoms with Gasteiger partial charge in [-0.15, -0.1) is 0 Å². The van der Waals surface area contributed by atoms with E-state index >= 15 is 0 Å². The van der Waals surface area contributed by atoms with E-state index < -0.39 is 0 Å². The molecule has 2 aromatic carbocycles. The van der Waals surface area contributed by atoms with Gasteiger partial charge in [-0.2, -0.15) is 0 Å². The predicted molar refractivity (Wildman–Crippen MR) is 141 cm³/mol. The molecule has 2 aromatic rings. The normalized spacial score (nSPS) is 11.4. The first-order valence-corrected chi connectivity index (χ1v) is 13.6. The van der Waals surface area contributed by atoms with Crippen LogP contribution in [-0.4, -0.2) is 0 Å². The molecular formula is C30H49N. The highest BCUT2D eigenvalue weighted by atomic mass is 14.6. The minimum atomic E-state index is 1.05. The van der Waals surface area contributed by atoms with E-state index in [9.17, 15) is 0 Å². The number of rotatable bonds is 18. The third kappa shape index (κ3) is 9.67. The van der Waals surface area contributed by atoms with Gasteiger partial charge in [0.15, 0.2) is 0 Å². The summed E-state index contributed by atoms with van der Waals surface area (Å²) in [5.41, 5.74) is 10.7. The van der Waals surface area contributed by atoms with Crippen LogP contribution in [0.25, 0.3) is 10.8 Å². The van der Waals surface area contributed by atoms with E-state index in [1.807, 2.05) is 0 Å². The van der Waals surface area contributed by atoms with Crippen LogP contribution in [0, 0.1) is 0 Å². The quantitative estimate of drug-likeness (QED) is 0.187. The molecule has 0 saturated heterocycles. The summed E-state index contributed by atoms with van der Waals surface area (Å²) in [7, 11) is 0. The SMILES string of the molecule is CCCCCCCCCCCCc1cc2ccccc2c(N)c1CCCCCCCC. The first kappa shape index (κ1) is 25.8. The number of nitrogens with two attached hydrogens (primary N) is 1. The van der Waals surface area contributed by atoms with Gasteiger partial charge in [-0.3, -0.25) is 0 Å². The lowest BCUT2D eigenvalue weighted by molar-refractivity contribution is 0.556. The Balaban J connectivity index is 1.83. The number of hydrogen-bond donors (Lipinski definition) is 1. The summed E-state index contributed by atoms with van der Waals surface area (Å²) in [5.74, 6) is 0. The smallest absolute Gasteiger partial charge is 0.0429 e. The first-order chi connectivity index (χ1) is 15.3. The van der Waals surface area contributed by atoms with Gasteiger partial charge in [0.1, 0.15) is 0 Å². The van der Waals surface area contributed by atoms with E-state index in [1.54, 1.807) is 0 Å². The van der Waals surface area contributed by atoms with Crippen LogP contribution in [0.5, 0.6) is 0 Å². The molecule has 31 heavy (non-hydrogen) atoms. The van der Waals surface area contributed by atoms with E-state index in [0.29, 0.717) is 0 Å². The molecule has 174 valence electrons. The second kappa shape index (κ2) is 16.2. The predicted octanol–water partition coefficient (Wildman–Crippen LogP) is 9.79. The summed E-state index contributed by atoms with van der Waals surface area (Å²) in [6.45, 7) is 4.58. The van der Waals surface area contributed by atoms with Crippen LogP contribution in [0.4, 0.5) is 5.69 Å². The van der Waals surface area contributed by atoms with Gasteiger partial charge in [-0.25, -0.2) is 0 Å². The van der Waals surface area contributed by atoms with Crippen LogP contribution in [0.1, 0.15) is 128 Å². The second-order valence-corrected chi connectivity index (χ2v) is 9.60. The number of benzene rings is 2. The molecular weight excluding hydrogens is 374 g/mol. The minimum absolute atomic E-state index is 1.05. The van der Waals surface area contributed by atoms with Gasteiger partial charge in [-0.1, -0.05) is 134 Å².